The van der Waals surface area contributed by atoms with Crippen LogP contribution >= 0.6 is 11.3 Å². The number of nitrogens with zero attached hydrogens (tertiary/aromatic N) is 2. The number of aromatic nitrogens is 1. The Morgan fingerprint density at radius 1 is 1.15 bits per heavy atom. The number of amides is 1. The molecule has 0 bridgehead atoms. The number of rotatable bonds is 6. The molecule has 174 valence electrons. The highest BCUT2D eigenvalue weighted by Crippen LogP contribution is 2.30. The first kappa shape index (κ1) is 23.4. The summed E-state index contributed by atoms with van der Waals surface area (Å²) in [4.78, 5) is 17.4. The molecule has 0 atom stereocenters. The lowest BCUT2D eigenvalue weighted by Crippen LogP contribution is -2.40. The Bertz CT molecular complexity index is 1280. The molecule has 1 saturated heterocycles. The first-order valence-corrected chi connectivity index (χ1v) is 12.7. The van der Waals surface area contributed by atoms with Gasteiger partial charge in [0.25, 0.3) is 5.91 Å². The molecular formula is C23H25N3O5S2. The monoisotopic (exact) mass is 487 g/mol. The summed E-state index contributed by atoms with van der Waals surface area (Å²) in [6, 6.07) is 10.5. The largest absolute Gasteiger partial charge is 0.495 e. The molecule has 0 spiro atoms. The number of hydrogen-bond acceptors (Lipinski definition) is 7. The van der Waals surface area contributed by atoms with Gasteiger partial charge in [-0.05, 0) is 43.7 Å². The first-order valence-electron chi connectivity index (χ1n) is 10.4. The van der Waals surface area contributed by atoms with Crippen molar-refractivity contribution < 1.29 is 22.7 Å². The van der Waals surface area contributed by atoms with E-state index < -0.39 is 15.9 Å². The van der Waals surface area contributed by atoms with Gasteiger partial charge in [0.2, 0.25) is 10.0 Å². The van der Waals surface area contributed by atoms with E-state index in [2.05, 4.69) is 16.4 Å². The Morgan fingerprint density at radius 3 is 2.64 bits per heavy atom. The number of carbonyl (C=O) groups excluding carboxylic acids is 1. The SMILES string of the molecule is COc1ccc(C(=O)Nc2nc(-c3cc(C)ccc3C)cs2)cc1S(=O)(=O)N1CCOCC1. The summed E-state index contributed by atoms with van der Waals surface area (Å²) in [5.41, 5.74) is 4.21. The third-order valence-corrected chi connectivity index (χ3v) is 8.08. The van der Waals surface area contributed by atoms with E-state index >= 15 is 0 Å². The van der Waals surface area contributed by atoms with Gasteiger partial charge in [0, 0.05) is 29.6 Å². The number of methoxy groups -OCH3 is 1. The molecule has 4 rings (SSSR count). The molecule has 0 radical (unpaired) electrons. The van der Waals surface area contributed by atoms with Crippen molar-refractivity contribution in [2.75, 3.05) is 38.7 Å². The van der Waals surface area contributed by atoms with Gasteiger partial charge >= 0.3 is 0 Å². The van der Waals surface area contributed by atoms with Gasteiger partial charge in [0.05, 0.1) is 26.0 Å². The van der Waals surface area contributed by atoms with Crippen molar-refractivity contribution >= 4 is 32.4 Å². The molecule has 1 N–H and O–H groups in total. The maximum Gasteiger partial charge on any atom is 0.257 e. The lowest BCUT2D eigenvalue weighted by Gasteiger charge is -2.26. The Balaban J connectivity index is 1.59. The third-order valence-electron chi connectivity index (χ3n) is 5.41. The van der Waals surface area contributed by atoms with Crippen molar-refractivity contribution in [1.29, 1.82) is 0 Å². The van der Waals surface area contributed by atoms with Crippen LogP contribution in [0.1, 0.15) is 21.5 Å². The highest BCUT2D eigenvalue weighted by atomic mass is 32.2. The topological polar surface area (TPSA) is 97.8 Å². The summed E-state index contributed by atoms with van der Waals surface area (Å²) >= 11 is 1.31. The average molecular weight is 488 g/mol. The second-order valence-electron chi connectivity index (χ2n) is 7.69. The van der Waals surface area contributed by atoms with E-state index in [1.54, 1.807) is 0 Å². The van der Waals surface area contributed by atoms with E-state index in [9.17, 15) is 13.2 Å². The Labute approximate surface area is 197 Å². The van der Waals surface area contributed by atoms with Crippen LogP contribution in [0.2, 0.25) is 0 Å². The summed E-state index contributed by atoms with van der Waals surface area (Å²) in [6.45, 7) is 5.19. The molecule has 10 heteroatoms. The Hall–Kier alpha value is -2.79. The van der Waals surface area contributed by atoms with Crippen molar-refractivity contribution in [2.45, 2.75) is 18.7 Å². The zero-order valence-corrected chi connectivity index (χ0v) is 20.3. The summed E-state index contributed by atoms with van der Waals surface area (Å²) in [5.74, 6) is -0.262. The fraction of sp³-hybridized carbons (Fsp3) is 0.304. The van der Waals surface area contributed by atoms with E-state index in [0.29, 0.717) is 18.3 Å². The number of hydrogen-bond donors (Lipinski definition) is 1. The Morgan fingerprint density at radius 2 is 1.91 bits per heavy atom. The number of carbonyl (C=O) groups is 1. The van der Waals surface area contributed by atoms with E-state index in [1.807, 2.05) is 31.4 Å². The van der Waals surface area contributed by atoms with Crippen molar-refractivity contribution in [2.24, 2.45) is 0 Å². The van der Waals surface area contributed by atoms with Crippen LogP contribution in [0.5, 0.6) is 5.75 Å². The summed E-state index contributed by atoms with van der Waals surface area (Å²) in [5, 5.41) is 5.10. The normalized spacial score (nSPS) is 14.8. The lowest BCUT2D eigenvalue weighted by molar-refractivity contribution is 0.0729. The molecule has 3 aromatic rings. The number of sulfonamides is 1. The molecule has 2 aromatic carbocycles. The van der Waals surface area contributed by atoms with Gasteiger partial charge in [-0.15, -0.1) is 11.3 Å². The molecule has 1 aliphatic rings. The molecule has 1 aliphatic heterocycles. The molecule has 1 fully saturated rings. The molecule has 8 nitrogen and oxygen atoms in total. The van der Waals surface area contributed by atoms with Gasteiger partial charge in [-0.25, -0.2) is 13.4 Å². The van der Waals surface area contributed by atoms with Gasteiger partial charge in [-0.3, -0.25) is 10.1 Å². The number of morpholine rings is 1. The predicted molar refractivity (Wildman–Crippen MR) is 128 cm³/mol. The van der Waals surface area contributed by atoms with Gasteiger partial charge in [0.1, 0.15) is 10.6 Å². The second-order valence-corrected chi connectivity index (χ2v) is 10.5. The number of nitrogens with one attached hydrogen (secondary N) is 1. The van der Waals surface area contributed by atoms with E-state index in [-0.39, 0.29) is 29.3 Å². The maximum absolute atomic E-state index is 13.2. The van der Waals surface area contributed by atoms with E-state index in [1.165, 1.54) is 41.0 Å². The van der Waals surface area contributed by atoms with Crippen LogP contribution in [-0.2, 0) is 14.8 Å². The minimum absolute atomic E-state index is 0.0465. The van der Waals surface area contributed by atoms with E-state index in [4.69, 9.17) is 9.47 Å². The van der Waals surface area contributed by atoms with Crippen LogP contribution in [0, 0.1) is 13.8 Å². The standard InChI is InChI=1S/C23H25N3O5S2/c1-15-4-5-16(2)18(12-15)19-14-32-23(24-19)25-22(27)17-6-7-20(30-3)21(13-17)33(28,29)26-8-10-31-11-9-26/h4-7,12-14H,8-11H2,1-3H3,(H,24,25,27). The second kappa shape index (κ2) is 9.60. The fourth-order valence-corrected chi connectivity index (χ4v) is 5.88. The number of benzene rings is 2. The molecule has 1 aromatic heterocycles. The molecule has 0 aliphatic carbocycles. The van der Waals surface area contributed by atoms with Crippen LogP contribution in [0.25, 0.3) is 11.3 Å². The minimum atomic E-state index is -3.84. The van der Waals surface area contributed by atoms with Crippen LogP contribution < -0.4 is 10.1 Å². The summed E-state index contributed by atoms with van der Waals surface area (Å²) in [6.07, 6.45) is 0. The number of aryl methyl sites for hydroxylation is 2. The van der Waals surface area contributed by atoms with Crippen LogP contribution in [0.3, 0.4) is 0 Å². The number of thiazole rings is 1. The van der Waals surface area contributed by atoms with Crippen molar-refractivity contribution in [3.63, 3.8) is 0 Å². The highest BCUT2D eigenvalue weighted by molar-refractivity contribution is 7.89. The van der Waals surface area contributed by atoms with Crippen molar-refractivity contribution in [1.82, 2.24) is 9.29 Å². The quantitative estimate of drug-likeness (QED) is 0.569. The van der Waals surface area contributed by atoms with Crippen LogP contribution in [0.15, 0.2) is 46.7 Å². The number of ether oxygens (including phenoxy) is 2. The van der Waals surface area contributed by atoms with Gasteiger partial charge < -0.3 is 9.47 Å². The van der Waals surface area contributed by atoms with Gasteiger partial charge in [-0.2, -0.15) is 4.31 Å². The molecular weight excluding hydrogens is 462 g/mol. The number of anilines is 1. The van der Waals surface area contributed by atoms with Crippen molar-refractivity contribution in [3.05, 3.63) is 58.5 Å². The molecule has 0 saturated carbocycles. The van der Waals surface area contributed by atoms with Gasteiger partial charge in [-0.1, -0.05) is 17.7 Å². The first-order chi connectivity index (χ1) is 15.8. The van der Waals surface area contributed by atoms with Gasteiger partial charge in [0.15, 0.2) is 5.13 Å². The fourth-order valence-electron chi connectivity index (χ4n) is 3.58. The molecule has 0 unspecified atom stereocenters. The average Bonchev–Trinajstić information content (AvgIpc) is 3.28. The molecule has 1 amide bonds. The lowest BCUT2D eigenvalue weighted by atomic mass is 10.0. The summed E-state index contributed by atoms with van der Waals surface area (Å²) in [7, 11) is -2.44. The van der Waals surface area contributed by atoms with E-state index in [0.717, 1.165) is 22.4 Å². The smallest absolute Gasteiger partial charge is 0.257 e. The molecule has 33 heavy (non-hydrogen) atoms. The van der Waals surface area contributed by atoms with Crippen LogP contribution in [0.4, 0.5) is 5.13 Å². The Kier molecular flexibility index (Phi) is 6.80. The zero-order chi connectivity index (χ0) is 23.6. The summed E-state index contributed by atoms with van der Waals surface area (Å²) < 4.78 is 38.2. The highest BCUT2D eigenvalue weighted by Gasteiger charge is 2.30. The third kappa shape index (κ3) is 4.93. The van der Waals surface area contributed by atoms with Crippen LogP contribution in [-0.4, -0.2) is 57.0 Å². The maximum atomic E-state index is 13.2. The minimum Gasteiger partial charge on any atom is -0.495 e. The predicted octanol–water partition coefficient (Wildman–Crippen LogP) is 3.71. The van der Waals surface area contributed by atoms with Crippen molar-refractivity contribution in [3.8, 4) is 17.0 Å². The molecule has 2 heterocycles. The zero-order valence-electron chi connectivity index (χ0n) is 18.6.